The standard InChI is InChI=1S/C16H22N2O2/c1-11-17-15(12-5-3-2-4-6-12)16(20)18(11)13-7-9-14(19)10-8-13/h2-6,11,13-15,17,19H,7-10H2,1H3. The van der Waals surface area contributed by atoms with E-state index in [2.05, 4.69) is 5.32 Å². The Hall–Kier alpha value is -1.39. The highest BCUT2D eigenvalue weighted by molar-refractivity contribution is 5.86. The second-order valence-corrected chi connectivity index (χ2v) is 5.89. The molecule has 3 rings (SSSR count). The molecule has 2 atom stereocenters. The molecule has 4 heteroatoms. The first-order chi connectivity index (χ1) is 9.66. The molecule has 4 nitrogen and oxygen atoms in total. The molecule has 1 aliphatic heterocycles. The summed E-state index contributed by atoms with van der Waals surface area (Å²) >= 11 is 0. The van der Waals surface area contributed by atoms with Crippen molar-refractivity contribution in [2.45, 2.75) is 57.0 Å². The van der Waals surface area contributed by atoms with Gasteiger partial charge in [0.2, 0.25) is 5.91 Å². The Balaban J connectivity index is 1.75. The lowest BCUT2D eigenvalue weighted by Gasteiger charge is -2.35. The third kappa shape index (κ3) is 2.45. The van der Waals surface area contributed by atoms with E-state index < -0.39 is 0 Å². The molecular weight excluding hydrogens is 252 g/mol. The molecule has 2 unspecified atom stereocenters. The number of aliphatic hydroxyl groups excluding tert-OH is 1. The number of hydrogen-bond donors (Lipinski definition) is 2. The first kappa shape index (κ1) is 13.6. The van der Waals surface area contributed by atoms with E-state index in [1.165, 1.54) is 0 Å². The number of aliphatic hydroxyl groups is 1. The van der Waals surface area contributed by atoms with Gasteiger partial charge in [0.25, 0.3) is 0 Å². The fourth-order valence-electron chi connectivity index (χ4n) is 3.45. The number of amides is 1. The van der Waals surface area contributed by atoms with Gasteiger partial charge in [-0.2, -0.15) is 0 Å². The highest BCUT2D eigenvalue weighted by Gasteiger charge is 2.41. The smallest absolute Gasteiger partial charge is 0.245 e. The van der Waals surface area contributed by atoms with Crippen molar-refractivity contribution in [3.63, 3.8) is 0 Å². The van der Waals surface area contributed by atoms with Crippen molar-refractivity contribution in [1.29, 1.82) is 0 Å². The Morgan fingerprint density at radius 1 is 1.15 bits per heavy atom. The number of nitrogens with one attached hydrogen (secondary N) is 1. The molecule has 1 saturated heterocycles. The zero-order valence-electron chi connectivity index (χ0n) is 11.8. The van der Waals surface area contributed by atoms with Gasteiger partial charge >= 0.3 is 0 Å². The predicted octanol–water partition coefficient (Wildman–Crippen LogP) is 1.81. The van der Waals surface area contributed by atoms with Gasteiger partial charge in [-0.3, -0.25) is 10.1 Å². The Morgan fingerprint density at radius 2 is 1.80 bits per heavy atom. The van der Waals surface area contributed by atoms with Gasteiger partial charge in [0.05, 0.1) is 12.3 Å². The van der Waals surface area contributed by atoms with Crippen LogP contribution in [0.1, 0.15) is 44.2 Å². The molecule has 1 heterocycles. The van der Waals surface area contributed by atoms with Gasteiger partial charge < -0.3 is 10.0 Å². The van der Waals surface area contributed by atoms with Crippen LogP contribution in [-0.2, 0) is 4.79 Å². The number of nitrogens with zero attached hydrogens (tertiary/aromatic N) is 1. The topological polar surface area (TPSA) is 52.6 Å². The predicted molar refractivity (Wildman–Crippen MR) is 76.9 cm³/mol. The van der Waals surface area contributed by atoms with Crippen LogP contribution in [0.25, 0.3) is 0 Å². The fourth-order valence-corrected chi connectivity index (χ4v) is 3.45. The minimum Gasteiger partial charge on any atom is -0.393 e. The molecular formula is C16H22N2O2. The van der Waals surface area contributed by atoms with Crippen molar-refractivity contribution in [3.8, 4) is 0 Å². The highest BCUT2D eigenvalue weighted by atomic mass is 16.3. The third-order valence-electron chi connectivity index (χ3n) is 4.52. The van der Waals surface area contributed by atoms with Crippen molar-refractivity contribution in [2.24, 2.45) is 0 Å². The number of benzene rings is 1. The molecule has 1 amide bonds. The summed E-state index contributed by atoms with van der Waals surface area (Å²) < 4.78 is 0. The van der Waals surface area contributed by atoms with Crippen LogP contribution >= 0.6 is 0 Å². The van der Waals surface area contributed by atoms with Crippen LogP contribution in [-0.4, -0.2) is 34.2 Å². The van der Waals surface area contributed by atoms with Crippen LogP contribution in [0.4, 0.5) is 0 Å². The summed E-state index contributed by atoms with van der Waals surface area (Å²) in [7, 11) is 0. The summed E-state index contributed by atoms with van der Waals surface area (Å²) in [6.45, 7) is 2.05. The van der Waals surface area contributed by atoms with Gasteiger partial charge in [-0.25, -0.2) is 0 Å². The van der Waals surface area contributed by atoms with Crippen molar-refractivity contribution < 1.29 is 9.90 Å². The molecule has 1 aromatic rings. The third-order valence-corrected chi connectivity index (χ3v) is 4.52. The monoisotopic (exact) mass is 274 g/mol. The summed E-state index contributed by atoms with van der Waals surface area (Å²) in [5, 5.41) is 13.0. The second kappa shape index (κ2) is 5.54. The largest absolute Gasteiger partial charge is 0.393 e. The first-order valence-corrected chi connectivity index (χ1v) is 7.48. The number of carbonyl (C=O) groups is 1. The summed E-state index contributed by atoms with van der Waals surface area (Å²) in [5.74, 6) is 0.171. The maximum Gasteiger partial charge on any atom is 0.245 e. The molecule has 0 bridgehead atoms. The average Bonchev–Trinajstić information content (AvgIpc) is 2.76. The maximum atomic E-state index is 12.7. The quantitative estimate of drug-likeness (QED) is 0.865. The van der Waals surface area contributed by atoms with Gasteiger partial charge in [0.15, 0.2) is 0 Å². The van der Waals surface area contributed by atoms with E-state index in [4.69, 9.17) is 0 Å². The van der Waals surface area contributed by atoms with E-state index in [-0.39, 0.29) is 30.3 Å². The zero-order valence-corrected chi connectivity index (χ0v) is 11.8. The Labute approximate surface area is 119 Å². The van der Waals surface area contributed by atoms with Gasteiger partial charge in [0, 0.05) is 6.04 Å². The van der Waals surface area contributed by atoms with Crippen LogP contribution in [0.3, 0.4) is 0 Å². The lowest BCUT2D eigenvalue weighted by Crippen LogP contribution is -2.45. The van der Waals surface area contributed by atoms with Gasteiger partial charge in [-0.15, -0.1) is 0 Å². The van der Waals surface area contributed by atoms with Crippen LogP contribution in [0, 0.1) is 0 Å². The Bertz CT molecular complexity index is 469. The summed E-state index contributed by atoms with van der Waals surface area (Å²) in [5.41, 5.74) is 1.03. The SMILES string of the molecule is CC1NC(c2ccccc2)C(=O)N1C1CCC(O)CC1. The summed E-state index contributed by atoms with van der Waals surface area (Å²) in [6.07, 6.45) is 3.29. The normalized spacial score (nSPS) is 34.5. The van der Waals surface area contributed by atoms with Crippen LogP contribution in [0.15, 0.2) is 30.3 Å². The molecule has 1 saturated carbocycles. The molecule has 0 spiro atoms. The average molecular weight is 274 g/mol. The molecule has 0 radical (unpaired) electrons. The lowest BCUT2D eigenvalue weighted by molar-refractivity contribution is -0.133. The molecule has 2 N–H and O–H groups in total. The highest BCUT2D eigenvalue weighted by Crippen LogP contribution is 2.31. The van der Waals surface area contributed by atoms with E-state index in [1.807, 2.05) is 42.2 Å². The lowest BCUT2D eigenvalue weighted by atomic mass is 9.91. The molecule has 1 aromatic carbocycles. The van der Waals surface area contributed by atoms with E-state index in [1.54, 1.807) is 0 Å². The molecule has 2 aliphatic rings. The number of rotatable bonds is 2. The summed E-state index contributed by atoms with van der Waals surface area (Å²) in [4.78, 5) is 14.7. The van der Waals surface area contributed by atoms with Gasteiger partial charge in [-0.1, -0.05) is 30.3 Å². The van der Waals surface area contributed by atoms with Gasteiger partial charge in [0.1, 0.15) is 6.04 Å². The Kier molecular flexibility index (Phi) is 3.76. The molecule has 2 fully saturated rings. The van der Waals surface area contributed by atoms with Gasteiger partial charge in [-0.05, 0) is 38.2 Å². The number of hydrogen-bond acceptors (Lipinski definition) is 3. The van der Waals surface area contributed by atoms with Crippen molar-refractivity contribution >= 4 is 5.91 Å². The maximum absolute atomic E-state index is 12.7. The van der Waals surface area contributed by atoms with Crippen molar-refractivity contribution in [2.75, 3.05) is 0 Å². The minimum atomic E-state index is -0.224. The minimum absolute atomic E-state index is 0.0629. The molecule has 20 heavy (non-hydrogen) atoms. The van der Waals surface area contributed by atoms with Crippen molar-refractivity contribution in [1.82, 2.24) is 10.2 Å². The van der Waals surface area contributed by atoms with E-state index in [0.29, 0.717) is 0 Å². The van der Waals surface area contributed by atoms with Crippen LogP contribution in [0.5, 0.6) is 0 Å². The molecule has 1 aliphatic carbocycles. The fraction of sp³-hybridized carbons (Fsp3) is 0.562. The van der Waals surface area contributed by atoms with E-state index in [0.717, 1.165) is 31.2 Å². The van der Waals surface area contributed by atoms with Crippen LogP contribution in [0.2, 0.25) is 0 Å². The van der Waals surface area contributed by atoms with Crippen LogP contribution < -0.4 is 5.32 Å². The Morgan fingerprint density at radius 3 is 2.45 bits per heavy atom. The molecule has 108 valence electrons. The second-order valence-electron chi connectivity index (χ2n) is 5.89. The van der Waals surface area contributed by atoms with Crippen molar-refractivity contribution in [3.05, 3.63) is 35.9 Å². The zero-order chi connectivity index (χ0) is 14.1. The van der Waals surface area contributed by atoms with E-state index in [9.17, 15) is 9.90 Å². The van der Waals surface area contributed by atoms with E-state index >= 15 is 0 Å². The summed E-state index contributed by atoms with van der Waals surface area (Å²) in [6, 6.07) is 9.93. The molecule has 0 aromatic heterocycles. The first-order valence-electron chi connectivity index (χ1n) is 7.48. The number of carbonyl (C=O) groups excluding carboxylic acids is 1.